The van der Waals surface area contributed by atoms with Gasteiger partial charge in [-0.15, -0.1) is 11.3 Å². The number of anilines is 1. The minimum Gasteiger partial charge on any atom is -0.495 e. The van der Waals surface area contributed by atoms with E-state index in [4.69, 9.17) is 4.74 Å². The van der Waals surface area contributed by atoms with Crippen LogP contribution in [0.5, 0.6) is 5.75 Å². The first-order chi connectivity index (χ1) is 13.5. The fraction of sp³-hybridized carbons (Fsp3) is 0.150. The summed E-state index contributed by atoms with van der Waals surface area (Å²) in [5, 5.41) is 8.77. The monoisotopic (exact) mass is 414 g/mol. The highest BCUT2D eigenvalue weighted by Gasteiger charge is 2.17. The molecule has 0 saturated heterocycles. The molecule has 3 rings (SSSR count). The van der Waals surface area contributed by atoms with Gasteiger partial charge in [-0.3, -0.25) is 14.4 Å². The van der Waals surface area contributed by atoms with Crippen molar-refractivity contribution in [3.63, 3.8) is 0 Å². The van der Waals surface area contributed by atoms with E-state index in [0.29, 0.717) is 21.9 Å². The molecule has 2 amide bonds. The predicted octanol–water partition coefficient (Wildman–Crippen LogP) is 3.61. The fourth-order valence-corrected chi connectivity index (χ4v) is 4.02. The topological polar surface area (TPSA) is 84.5 Å². The van der Waals surface area contributed by atoms with Crippen molar-refractivity contribution in [1.29, 1.82) is 0 Å². The van der Waals surface area contributed by atoms with Gasteiger partial charge in [0.25, 0.3) is 0 Å². The van der Waals surface area contributed by atoms with E-state index in [2.05, 4.69) is 10.6 Å². The second kappa shape index (κ2) is 8.81. The van der Waals surface area contributed by atoms with Crippen molar-refractivity contribution in [1.82, 2.24) is 5.32 Å². The second-order valence-electron chi connectivity index (χ2n) is 5.95. The van der Waals surface area contributed by atoms with Crippen molar-refractivity contribution >= 4 is 46.0 Å². The van der Waals surface area contributed by atoms with Gasteiger partial charge in [-0.05, 0) is 48.2 Å². The first kappa shape index (κ1) is 19.8. The fourth-order valence-electron chi connectivity index (χ4n) is 2.48. The van der Waals surface area contributed by atoms with E-state index in [9.17, 15) is 14.4 Å². The number of ether oxygens (including phenoxy) is 1. The molecule has 28 heavy (non-hydrogen) atoms. The SMILES string of the molecule is COc1ccc(C)cc1NC(=O)C(=O)NCc1ccc(C(=O)c2ccsc2)s1. The summed E-state index contributed by atoms with van der Waals surface area (Å²) in [4.78, 5) is 38.0. The molecule has 0 aliphatic carbocycles. The number of thiophene rings is 2. The Hall–Kier alpha value is -2.97. The average molecular weight is 415 g/mol. The maximum Gasteiger partial charge on any atom is 0.313 e. The van der Waals surface area contributed by atoms with Gasteiger partial charge in [0.15, 0.2) is 0 Å². The van der Waals surface area contributed by atoms with E-state index in [1.54, 1.807) is 35.7 Å². The number of rotatable bonds is 6. The number of methoxy groups -OCH3 is 1. The summed E-state index contributed by atoms with van der Waals surface area (Å²) in [6.07, 6.45) is 0. The predicted molar refractivity (Wildman–Crippen MR) is 110 cm³/mol. The zero-order valence-electron chi connectivity index (χ0n) is 15.3. The lowest BCUT2D eigenvalue weighted by atomic mass is 10.2. The van der Waals surface area contributed by atoms with Gasteiger partial charge < -0.3 is 15.4 Å². The molecule has 0 fully saturated rings. The Kier molecular flexibility index (Phi) is 6.23. The smallest absolute Gasteiger partial charge is 0.313 e. The van der Waals surface area contributed by atoms with Crippen molar-refractivity contribution in [2.45, 2.75) is 13.5 Å². The summed E-state index contributed by atoms with van der Waals surface area (Å²) in [6, 6.07) is 10.6. The van der Waals surface area contributed by atoms with Gasteiger partial charge in [-0.2, -0.15) is 11.3 Å². The molecular weight excluding hydrogens is 396 g/mol. The summed E-state index contributed by atoms with van der Waals surface area (Å²) < 4.78 is 5.19. The molecule has 2 N–H and O–H groups in total. The summed E-state index contributed by atoms with van der Waals surface area (Å²) in [5.74, 6) is -1.12. The maximum atomic E-state index is 12.3. The van der Waals surface area contributed by atoms with Crippen molar-refractivity contribution in [2.75, 3.05) is 12.4 Å². The van der Waals surface area contributed by atoms with Crippen LogP contribution >= 0.6 is 22.7 Å². The van der Waals surface area contributed by atoms with Crippen molar-refractivity contribution in [3.8, 4) is 5.75 Å². The van der Waals surface area contributed by atoms with Gasteiger partial charge in [-0.25, -0.2) is 0 Å². The minimum atomic E-state index is -0.782. The molecule has 0 unspecified atom stereocenters. The molecule has 0 spiro atoms. The third-order valence-corrected chi connectivity index (χ3v) is 5.67. The number of ketones is 1. The van der Waals surface area contributed by atoms with Crippen LogP contribution in [0, 0.1) is 6.92 Å². The van der Waals surface area contributed by atoms with Gasteiger partial charge in [-0.1, -0.05) is 6.07 Å². The van der Waals surface area contributed by atoms with E-state index < -0.39 is 11.8 Å². The standard InChI is InChI=1S/C20H18N2O4S2/c1-12-3-5-16(26-2)15(9-12)22-20(25)19(24)21-10-14-4-6-17(28-14)18(23)13-7-8-27-11-13/h3-9,11H,10H2,1-2H3,(H,21,24)(H,22,25). The van der Waals surface area contributed by atoms with E-state index in [0.717, 1.165) is 10.4 Å². The minimum absolute atomic E-state index is 0.0480. The Morgan fingerprint density at radius 1 is 1.07 bits per heavy atom. The molecule has 1 aromatic carbocycles. The van der Waals surface area contributed by atoms with Crippen LogP contribution in [0.2, 0.25) is 0 Å². The molecule has 144 valence electrons. The van der Waals surface area contributed by atoms with E-state index in [-0.39, 0.29) is 12.3 Å². The van der Waals surface area contributed by atoms with Crippen LogP contribution in [0.3, 0.4) is 0 Å². The zero-order chi connectivity index (χ0) is 20.1. The van der Waals surface area contributed by atoms with Crippen molar-refractivity contribution in [2.24, 2.45) is 0 Å². The van der Waals surface area contributed by atoms with Crippen LogP contribution in [0.25, 0.3) is 0 Å². The molecule has 0 saturated carbocycles. The van der Waals surface area contributed by atoms with Crippen molar-refractivity contribution in [3.05, 3.63) is 68.0 Å². The van der Waals surface area contributed by atoms with Crippen molar-refractivity contribution < 1.29 is 19.1 Å². The number of carbonyl (C=O) groups excluding carboxylic acids is 3. The lowest BCUT2D eigenvalue weighted by Crippen LogP contribution is -2.34. The van der Waals surface area contributed by atoms with Crippen LogP contribution in [0.1, 0.15) is 25.7 Å². The van der Waals surface area contributed by atoms with E-state index in [1.807, 2.05) is 18.4 Å². The molecule has 3 aromatic rings. The van der Waals surface area contributed by atoms with E-state index >= 15 is 0 Å². The third kappa shape index (κ3) is 4.65. The quantitative estimate of drug-likeness (QED) is 0.477. The van der Waals surface area contributed by atoms with E-state index in [1.165, 1.54) is 29.8 Å². The molecule has 2 heterocycles. The molecule has 0 bridgehead atoms. The number of benzene rings is 1. The molecule has 0 radical (unpaired) electrons. The number of amides is 2. The maximum absolute atomic E-state index is 12.3. The Labute approximate surface area is 170 Å². The van der Waals surface area contributed by atoms with Crippen LogP contribution in [0.4, 0.5) is 5.69 Å². The highest BCUT2D eigenvalue weighted by Crippen LogP contribution is 2.25. The molecule has 0 atom stereocenters. The van der Waals surface area contributed by atoms with Gasteiger partial charge in [0.1, 0.15) is 5.75 Å². The largest absolute Gasteiger partial charge is 0.495 e. The van der Waals surface area contributed by atoms with Gasteiger partial charge in [0.05, 0.1) is 24.2 Å². The molecule has 0 aliphatic rings. The third-order valence-electron chi connectivity index (χ3n) is 3.90. The zero-order valence-corrected chi connectivity index (χ0v) is 16.9. The number of aryl methyl sites for hydroxylation is 1. The number of hydrogen-bond acceptors (Lipinski definition) is 6. The Bertz CT molecular complexity index is 1010. The van der Waals surface area contributed by atoms with Gasteiger partial charge >= 0.3 is 11.8 Å². The second-order valence-corrected chi connectivity index (χ2v) is 7.90. The summed E-state index contributed by atoms with van der Waals surface area (Å²) in [6.45, 7) is 2.04. The summed E-state index contributed by atoms with van der Waals surface area (Å²) in [7, 11) is 1.49. The first-order valence-corrected chi connectivity index (χ1v) is 10.1. The van der Waals surface area contributed by atoms with Crippen LogP contribution in [-0.2, 0) is 16.1 Å². The van der Waals surface area contributed by atoms with Gasteiger partial charge in [0.2, 0.25) is 5.78 Å². The lowest BCUT2D eigenvalue weighted by Gasteiger charge is -2.10. The molecular formula is C20H18N2O4S2. The molecule has 8 heteroatoms. The molecule has 6 nitrogen and oxygen atoms in total. The Morgan fingerprint density at radius 2 is 1.89 bits per heavy atom. The highest BCUT2D eigenvalue weighted by atomic mass is 32.1. The number of nitrogens with one attached hydrogen (secondary N) is 2. The summed E-state index contributed by atoms with van der Waals surface area (Å²) >= 11 is 2.76. The van der Waals surface area contributed by atoms with Crippen LogP contribution < -0.4 is 15.4 Å². The Morgan fingerprint density at radius 3 is 2.61 bits per heavy atom. The molecule has 0 aliphatic heterocycles. The lowest BCUT2D eigenvalue weighted by molar-refractivity contribution is -0.136. The Balaban J connectivity index is 1.58. The number of carbonyl (C=O) groups is 3. The summed E-state index contributed by atoms with van der Waals surface area (Å²) in [5.41, 5.74) is 2.01. The average Bonchev–Trinajstić information content (AvgIpc) is 3.38. The first-order valence-electron chi connectivity index (χ1n) is 8.37. The number of hydrogen-bond donors (Lipinski definition) is 2. The van der Waals surface area contributed by atoms with Crippen LogP contribution in [0.15, 0.2) is 47.2 Å². The normalized spacial score (nSPS) is 10.4. The van der Waals surface area contributed by atoms with Crippen LogP contribution in [-0.4, -0.2) is 24.7 Å². The van der Waals surface area contributed by atoms with Gasteiger partial charge in [0, 0.05) is 15.8 Å². The highest BCUT2D eigenvalue weighted by molar-refractivity contribution is 7.14. The molecule has 2 aromatic heterocycles.